The van der Waals surface area contributed by atoms with E-state index in [1.165, 1.54) is 6.07 Å². The molecule has 30 heavy (non-hydrogen) atoms. The predicted molar refractivity (Wildman–Crippen MR) is 111 cm³/mol. The van der Waals surface area contributed by atoms with Gasteiger partial charge in [0.1, 0.15) is 12.0 Å². The molecule has 1 aromatic rings. The van der Waals surface area contributed by atoms with E-state index in [1.54, 1.807) is 12.1 Å². The van der Waals surface area contributed by atoms with Crippen molar-refractivity contribution in [2.75, 3.05) is 13.1 Å². The zero-order valence-electron chi connectivity index (χ0n) is 16.6. The van der Waals surface area contributed by atoms with Gasteiger partial charge in [-0.3, -0.25) is 9.59 Å². The Morgan fingerprint density at radius 3 is 2.43 bits per heavy atom. The number of hydrogen-bond acceptors (Lipinski definition) is 3. The van der Waals surface area contributed by atoms with Crippen molar-refractivity contribution < 1.29 is 18.4 Å². The van der Waals surface area contributed by atoms with Crippen LogP contribution < -0.4 is 16.0 Å². The maximum atomic E-state index is 14.1. The van der Waals surface area contributed by atoms with Gasteiger partial charge in [-0.25, -0.2) is 8.78 Å². The first-order chi connectivity index (χ1) is 14.4. The van der Waals surface area contributed by atoms with Crippen LogP contribution in [-0.2, 0) is 16.1 Å². The lowest BCUT2D eigenvalue weighted by molar-refractivity contribution is -0.137. The number of benzene rings is 1. The number of alkyl halides is 1. The normalized spacial score (nSPS) is 35.6. The Morgan fingerprint density at radius 1 is 1.13 bits per heavy atom. The van der Waals surface area contributed by atoms with Crippen LogP contribution >= 0.6 is 15.9 Å². The van der Waals surface area contributed by atoms with Gasteiger partial charge in [0, 0.05) is 29.7 Å². The zero-order chi connectivity index (χ0) is 21.0. The molecule has 0 aromatic heterocycles. The molecule has 1 aliphatic heterocycles. The molecule has 162 valence electrons. The van der Waals surface area contributed by atoms with Crippen LogP contribution in [0.1, 0.15) is 31.2 Å². The average Bonchev–Trinajstić information content (AvgIpc) is 3.21. The Bertz CT molecular complexity index is 878. The molecule has 5 nitrogen and oxygen atoms in total. The summed E-state index contributed by atoms with van der Waals surface area (Å²) >= 11 is 3.23. The van der Waals surface area contributed by atoms with Crippen LogP contribution in [0.2, 0.25) is 0 Å². The third-order valence-corrected chi connectivity index (χ3v) is 8.38. The summed E-state index contributed by atoms with van der Waals surface area (Å²) in [6, 6.07) is 4.21. The van der Waals surface area contributed by atoms with Crippen molar-refractivity contribution in [3.63, 3.8) is 0 Å². The molecule has 2 amide bonds. The molecule has 3 aliphatic carbocycles. The summed E-state index contributed by atoms with van der Waals surface area (Å²) in [5, 5.41) is 8.71. The van der Waals surface area contributed by atoms with Crippen LogP contribution in [0.25, 0.3) is 0 Å². The standard InChI is InChI=1S/C22H26BrF2N3O2/c23-12-2-1-11(15(24)7-12)8-27-20(29)18-13-3-4-14(22(13)5-6-22)19(18)21(30)28-17-10-26-9-16(17)25/h1-2,7,13-14,16-19,26H,3-6,8-10H2,(H,27,29)(H,28,30)/t13-,14-,16?,17?,18-,19-/m1/s1. The lowest BCUT2D eigenvalue weighted by atomic mass is 9.78. The lowest BCUT2D eigenvalue weighted by Crippen LogP contribution is -2.49. The van der Waals surface area contributed by atoms with Gasteiger partial charge in [-0.05, 0) is 55.1 Å². The van der Waals surface area contributed by atoms with Gasteiger partial charge in [0.2, 0.25) is 11.8 Å². The molecule has 1 heterocycles. The average molecular weight is 482 g/mol. The van der Waals surface area contributed by atoms with Gasteiger partial charge in [-0.1, -0.05) is 22.0 Å². The van der Waals surface area contributed by atoms with Gasteiger partial charge in [0.15, 0.2) is 0 Å². The molecule has 1 spiro atoms. The Labute approximate surface area is 182 Å². The number of rotatable bonds is 5. The Kier molecular flexibility index (Phi) is 5.13. The van der Waals surface area contributed by atoms with E-state index in [0.29, 0.717) is 16.6 Å². The van der Waals surface area contributed by atoms with Gasteiger partial charge in [-0.2, -0.15) is 0 Å². The van der Waals surface area contributed by atoms with E-state index in [0.717, 1.165) is 25.7 Å². The molecule has 4 fully saturated rings. The highest BCUT2D eigenvalue weighted by atomic mass is 79.9. The number of hydrogen-bond donors (Lipinski definition) is 3. The second kappa shape index (κ2) is 7.55. The van der Waals surface area contributed by atoms with Crippen molar-refractivity contribution in [1.29, 1.82) is 0 Å². The Balaban J connectivity index is 1.32. The second-order valence-electron chi connectivity index (χ2n) is 9.32. The van der Waals surface area contributed by atoms with E-state index in [9.17, 15) is 18.4 Å². The van der Waals surface area contributed by atoms with Crippen molar-refractivity contribution in [3.05, 3.63) is 34.1 Å². The zero-order valence-corrected chi connectivity index (χ0v) is 18.2. The first-order valence-corrected chi connectivity index (χ1v) is 11.6. The molecule has 8 heteroatoms. The van der Waals surface area contributed by atoms with Gasteiger partial charge < -0.3 is 16.0 Å². The van der Waals surface area contributed by atoms with Crippen molar-refractivity contribution >= 4 is 27.7 Å². The molecule has 2 bridgehead atoms. The topological polar surface area (TPSA) is 70.2 Å². The highest BCUT2D eigenvalue weighted by Crippen LogP contribution is 2.74. The maximum Gasteiger partial charge on any atom is 0.224 e. The van der Waals surface area contributed by atoms with Gasteiger partial charge in [-0.15, -0.1) is 0 Å². The molecule has 3 N–H and O–H groups in total. The van der Waals surface area contributed by atoms with E-state index >= 15 is 0 Å². The van der Waals surface area contributed by atoms with Crippen LogP contribution in [0.5, 0.6) is 0 Å². The van der Waals surface area contributed by atoms with E-state index in [-0.39, 0.29) is 48.0 Å². The van der Waals surface area contributed by atoms with E-state index < -0.39 is 24.0 Å². The molecule has 5 rings (SSSR count). The number of carbonyl (C=O) groups excluding carboxylic acids is 2. The van der Waals surface area contributed by atoms with Crippen LogP contribution in [-0.4, -0.2) is 37.1 Å². The number of nitrogens with one attached hydrogen (secondary N) is 3. The van der Waals surface area contributed by atoms with Crippen LogP contribution in [0.4, 0.5) is 8.78 Å². The van der Waals surface area contributed by atoms with Crippen LogP contribution in [0.15, 0.2) is 22.7 Å². The number of amides is 2. The van der Waals surface area contributed by atoms with Crippen LogP contribution in [0.3, 0.4) is 0 Å². The smallest absolute Gasteiger partial charge is 0.224 e. The fraction of sp³-hybridized carbons (Fsp3) is 0.636. The van der Waals surface area contributed by atoms with Crippen molar-refractivity contribution in [2.45, 2.75) is 44.4 Å². The van der Waals surface area contributed by atoms with E-state index in [1.807, 2.05) is 0 Å². The first-order valence-electron chi connectivity index (χ1n) is 10.8. The lowest BCUT2D eigenvalue weighted by Gasteiger charge is -2.30. The SMILES string of the molecule is O=C(NCc1ccc(Br)cc1F)[C@H]1[C@H](C(=O)NC2CNCC2F)[C@H]2CC[C@H]1C21CC1. The molecule has 3 saturated carbocycles. The minimum absolute atomic E-state index is 0.0896. The highest BCUT2D eigenvalue weighted by molar-refractivity contribution is 9.10. The van der Waals surface area contributed by atoms with Gasteiger partial charge >= 0.3 is 0 Å². The summed E-state index contributed by atoms with van der Waals surface area (Å²) < 4.78 is 28.8. The molecular weight excluding hydrogens is 456 g/mol. The van der Waals surface area contributed by atoms with Crippen molar-refractivity contribution in [1.82, 2.24) is 16.0 Å². The van der Waals surface area contributed by atoms with Gasteiger partial charge in [0.25, 0.3) is 0 Å². The summed E-state index contributed by atoms with van der Waals surface area (Å²) in [5.74, 6) is -1.22. The summed E-state index contributed by atoms with van der Waals surface area (Å²) in [7, 11) is 0. The minimum Gasteiger partial charge on any atom is -0.352 e. The summed E-state index contributed by atoms with van der Waals surface area (Å²) in [6.45, 7) is 0.749. The quantitative estimate of drug-likeness (QED) is 0.605. The highest BCUT2D eigenvalue weighted by Gasteiger charge is 2.71. The Morgan fingerprint density at radius 2 is 1.83 bits per heavy atom. The van der Waals surface area contributed by atoms with Crippen molar-refractivity contribution in [3.8, 4) is 0 Å². The minimum atomic E-state index is -1.10. The number of halogens is 3. The fourth-order valence-electron chi connectivity index (χ4n) is 6.39. The molecule has 4 aliphatic rings. The van der Waals surface area contributed by atoms with E-state index in [2.05, 4.69) is 31.9 Å². The summed E-state index contributed by atoms with van der Waals surface area (Å²) in [6.07, 6.45) is 2.93. The molecular formula is C22H26BrF2N3O2. The van der Waals surface area contributed by atoms with Gasteiger partial charge in [0.05, 0.1) is 17.9 Å². The molecule has 0 radical (unpaired) electrons. The molecule has 1 saturated heterocycles. The second-order valence-corrected chi connectivity index (χ2v) is 10.2. The first kappa shape index (κ1) is 20.4. The molecule has 1 aromatic carbocycles. The summed E-state index contributed by atoms with van der Waals surface area (Å²) in [5.41, 5.74) is 0.518. The monoisotopic (exact) mass is 481 g/mol. The third kappa shape index (κ3) is 3.27. The maximum absolute atomic E-state index is 14.1. The largest absolute Gasteiger partial charge is 0.352 e. The third-order valence-electron chi connectivity index (χ3n) is 7.89. The van der Waals surface area contributed by atoms with Crippen LogP contribution in [0, 0.1) is 34.9 Å². The van der Waals surface area contributed by atoms with Crippen molar-refractivity contribution in [2.24, 2.45) is 29.1 Å². The molecule has 2 unspecified atom stereocenters. The molecule has 6 atom stereocenters. The summed E-state index contributed by atoms with van der Waals surface area (Å²) in [4.78, 5) is 26.4. The predicted octanol–water partition coefficient (Wildman–Crippen LogP) is 2.68. The number of carbonyl (C=O) groups is 2. The van der Waals surface area contributed by atoms with E-state index in [4.69, 9.17) is 0 Å². The fourth-order valence-corrected chi connectivity index (χ4v) is 6.73. The Hall–Kier alpha value is -1.54.